The fourth-order valence-electron chi connectivity index (χ4n) is 2.69. The summed E-state index contributed by atoms with van der Waals surface area (Å²) in [5, 5.41) is 8.51. The number of pyridine rings is 1. The summed E-state index contributed by atoms with van der Waals surface area (Å²) >= 11 is 0. The normalized spacial score (nSPS) is 11.0. The number of carbonyl (C=O) groups is 1. The molecule has 2 aromatic carbocycles. The van der Waals surface area contributed by atoms with Gasteiger partial charge < -0.3 is 20.7 Å². The van der Waals surface area contributed by atoms with Gasteiger partial charge in [-0.25, -0.2) is 4.98 Å². The number of benzene rings is 2. The fraction of sp³-hybridized carbons (Fsp3) is 0.182. The summed E-state index contributed by atoms with van der Waals surface area (Å²) in [6, 6.07) is 15.3. The predicted molar refractivity (Wildman–Crippen MR) is 114 cm³/mol. The van der Waals surface area contributed by atoms with Crippen molar-refractivity contribution in [3.8, 4) is 5.75 Å². The van der Waals surface area contributed by atoms with E-state index in [1.807, 2.05) is 31.2 Å². The number of hydrogen-bond acceptors (Lipinski definition) is 5. The molecule has 3 N–H and O–H groups in total. The zero-order valence-corrected chi connectivity index (χ0v) is 16.7. The van der Waals surface area contributed by atoms with Gasteiger partial charge in [-0.3, -0.25) is 4.79 Å². The quantitative estimate of drug-likeness (QED) is 0.453. The number of carbonyl (C=O) groups excluding carboxylic acids is 1. The van der Waals surface area contributed by atoms with Crippen LogP contribution in [0.5, 0.6) is 5.75 Å². The molecule has 0 radical (unpaired) electrons. The third-order valence-corrected chi connectivity index (χ3v) is 4.13. The number of amides is 1. The van der Waals surface area contributed by atoms with Crippen LogP contribution in [0.4, 0.5) is 36.1 Å². The number of nitrogens with zero attached hydrogens (tertiary/aromatic N) is 1. The highest BCUT2D eigenvalue weighted by molar-refractivity contribution is 5.93. The first-order valence-corrected chi connectivity index (χ1v) is 9.50. The van der Waals surface area contributed by atoms with Gasteiger partial charge in [0.1, 0.15) is 11.6 Å². The van der Waals surface area contributed by atoms with Gasteiger partial charge in [0.15, 0.2) is 0 Å². The highest BCUT2D eigenvalue weighted by atomic mass is 19.4. The van der Waals surface area contributed by atoms with E-state index in [0.717, 1.165) is 23.6 Å². The monoisotopic (exact) mass is 430 g/mol. The Morgan fingerprint density at radius 3 is 2.39 bits per heavy atom. The molecule has 0 saturated heterocycles. The molecule has 1 heterocycles. The fourth-order valence-corrected chi connectivity index (χ4v) is 2.69. The van der Waals surface area contributed by atoms with Crippen molar-refractivity contribution in [2.75, 3.05) is 29.1 Å². The Kier molecular flexibility index (Phi) is 6.96. The third kappa shape index (κ3) is 6.63. The van der Waals surface area contributed by atoms with Crippen LogP contribution < -0.4 is 20.7 Å². The largest absolute Gasteiger partial charge is 0.494 e. The van der Waals surface area contributed by atoms with E-state index in [1.54, 1.807) is 12.1 Å². The lowest BCUT2D eigenvalue weighted by atomic mass is 10.2. The molecule has 0 fully saturated rings. The zero-order valence-electron chi connectivity index (χ0n) is 16.7. The maximum Gasteiger partial charge on any atom is 0.416 e. The van der Waals surface area contributed by atoms with Gasteiger partial charge in [-0.2, -0.15) is 13.2 Å². The van der Waals surface area contributed by atoms with Gasteiger partial charge in [0, 0.05) is 11.4 Å². The van der Waals surface area contributed by atoms with Crippen molar-refractivity contribution in [3.63, 3.8) is 0 Å². The number of alkyl halides is 3. The topological polar surface area (TPSA) is 75.3 Å². The van der Waals surface area contributed by atoms with Crippen LogP contribution in [0.15, 0.2) is 66.9 Å². The maximum absolute atomic E-state index is 12.8. The number of halogens is 3. The molecule has 0 spiro atoms. The van der Waals surface area contributed by atoms with Crippen LogP contribution in [0.25, 0.3) is 0 Å². The van der Waals surface area contributed by atoms with Crippen LogP contribution in [-0.4, -0.2) is 24.0 Å². The summed E-state index contributed by atoms with van der Waals surface area (Å²) in [4.78, 5) is 16.2. The molecule has 162 valence electrons. The molecular formula is C22H21F3N4O2. The van der Waals surface area contributed by atoms with Crippen molar-refractivity contribution in [2.45, 2.75) is 13.1 Å². The second-order valence-electron chi connectivity index (χ2n) is 6.49. The minimum atomic E-state index is -4.42. The Morgan fingerprint density at radius 2 is 1.74 bits per heavy atom. The van der Waals surface area contributed by atoms with E-state index >= 15 is 0 Å². The SMILES string of the molecule is CCOc1ccc(NCC(=O)Nc2ccc(Nc3cccc(C(F)(F)F)c3)nc2)cc1. The molecule has 6 nitrogen and oxygen atoms in total. The molecule has 3 rings (SSSR count). The molecule has 0 bridgehead atoms. The molecule has 1 amide bonds. The van der Waals surface area contributed by atoms with Crippen molar-refractivity contribution in [1.29, 1.82) is 0 Å². The van der Waals surface area contributed by atoms with Gasteiger partial charge in [-0.05, 0) is 61.5 Å². The van der Waals surface area contributed by atoms with Gasteiger partial charge in [-0.1, -0.05) is 6.07 Å². The summed E-state index contributed by atoms with van der Waals surface area (Å²) in [6.45, 7) is 2.54. The van der Waals surface area contributed by atoms with Gasteiger partial charge in [0.05, 0.1) is 30.6 Å². The van der Waals surface area contributed by atoms with Gasteiger partial charge in [0.2, 0.25) is 5.91 Å². The number of nitrogens with one attached hydrogen (secondary N) is 3. The molecule has 1 aromatic heterocycles. The molecule has 0 aliphatic rings. The summed E-state index contributed by atoms with van der Waals surface area (Å²) in [6.07, 6.45) is -3.00. The average molecular weight is 430 g/mol. The van der Waals surface area contributed by atoms with Crippen LogP contribution in [0.2, 0.25) is 0 Å². The summed E-state index contributed by atoms with van der Waals surface area (Å²) in [5.74, 6) is 0.835. The second kappa shape index (κ2) is 9.84. The van der Waals surface area contributed by atoms with E-state index in [2.05, 4.69) is 20.9 Å². The van der Waals surface area contributed by atoms with Crippen molar-refractivity contribution in [2.24, 2.45) is 0 Å². The lowest BCUT2D eigenvalue weighted by Crippen LogP contribution is -2.21. The van der Waals surface area contributed by atoms with E-state index in [4.69, 9.17) is 4.74 Å². The third-order valence-electron chi connectivity index (χ3n) is 4.13. The summed E-state index contributed by atoms with van der Waals surface area (Å²) in [7, 11) is 0. The Labute approximate surface area is 177 Å². The first-order valence-electron chi connectivity index (χ1n) is 9.50. The van der Waals surface area contributed by atoms with E-state index < -0.39 is 11.7 Å². The summed E-state index contributed by atoms with van der Waals surface area (Å²) in [5.41, 5.74) is 0.755. The molecule has 0 aliphatic carbocycles. The van der Waals surface area contributed by atoms with E-state index in [0.29, 0.717) is 18.1 Å². The lowest BCUT2D eigenvalue weighted by molar-refractivity contribution is -0.137. The van der Waals surface area contributed by atoms with Crippen molar-refractivity contribution >= 4 is 28.8 Å². The molecule has 31 heavy (non-hydrogen) atoms. The number of ether oxygens (including phenoxy) is 1. The second-order valence-corrected chi connectivity index (χ2v) is 6.49. The lowest BCUT2D eigenvalue weighted by Gasteiger charge is -2.11. The smallest absolute Gasteiger partial charge is 0.416 e. The number of rotatable bonds is 8. The molecule has 3 aromatic rings. The highest BCUT2D eigenvalue weighted by Crippen LogP contribution is 2.31. The molecule has 0 aliphatic heterocycles. The van der Waals surface area contributed by atoms with Crippen LogP contribution >= 0.6 is 0 Å². The summed E-state index contributed by atoms with van der Waals surface area (Å²) < 4.78 is 43.8. The molecule has 0 unspecified atom stereocenters. The molecule has 0 saturated carbocycles. The number of anilines is 4. The van der Waals surface area contributed by atoms with Crippen molar-refractivity contribution in [3.05, 3.63) is 72.4 Å². The Balaban J connectivity index is 1.51. The van der Waals surface area contributed by atoms with Gasteiger partial charge in [0.25, 0.3) is 0 Å². The molecule has 9 heteroatoms. The molecular weight excluding hydrogens is 409 g/mol. The Hall–Kier alpha value is -3.75. The zero-order chi connectivity index (χ0) is 22.3. The number of aromatic nitrogens is 1. The first-order chi connectivity index (χ1) is 14.8. The minimum Gasteiger partial charge on any atom is -0.494 e. The van der Waals surface area contributed by atoms with Crippen LogP contribution in [0.1, 0.15) is 12.5 Å². The van der Waals surface area contributed by atoms with E-state index in [1.165, 1.54) is 18.3 Å². The minimum absolute atomic E-state index is 0.0538. The Bertz CT molecular complexity index is 1010. The maximum atomic E-state index is 12.8. The van der Waals surface area contributed by atoms with E-state index in [-0.39, 0.29) is 18.1 Å². The van der Waals surface area contributed by atoms with E-state index in [9.17, 15) is 18.0 Å². The van der Waals surface area contributed by atoms with Gasteiger partial charge in [-0.15, -0.1) is 0 Å². The Morgan fingerprint density at radius 1 is 1.00 bits per heavy atom. The first kappa shape index (κ1) is 21.9. The number of hydrogen-bond donors (Lipinski definition) is 3. The molecule has 0 atom stereocenters. The van der Waals surface area contributed by atoms with Crippen molar-refractivity contribution in [1.82, 2.24) is 4.98 Å². The average Bonchev–Trinajstić information content (AvgIpc) is 2.74. The predicted octanol–water partition coefficient (Wildman–Crippen LogP) is 5.29. The van der Waals surface area contributed by atoms with Crippen LogP contribution in [-0.2, 0) is 11.0 Å². The highest BCUT2D eigenvalue weighted by Gasteiger charge is 2.30. The van der Waals surface area contributed by atoms with Crippen molar-refractivity contribution < 1.29 is 22.7 Å². The van der Waals surface area contributed by atoms with Crippen LogP contribution in [0, 0.1) is 0 Å². The van der Waals surface area contributed by atoms with Gasteiger partial charge >= 0.3 is 6.18 Å². The standard InChI is InChI=1S/C22H21F3N4O2/c1-2-31-19-9-6-16(7-10-19)26-14-21(30)29-18-8-11-20(27-13-18)28-17-5-3-4-15(12-17)22(23,24)25/h3-13,26H,2,14H2,1H3,(H,27,28)(H,29,30). The van der Waals surface area contributed by atoms with Crippen LogP contribution in [0.3, 0.4) is 0 Å².